The summed E-state index contributed by atoms with van der Waals surface area (Å²) in [6, 6.07) is 0.669. The lowest BCUT2D eigenvalue weighted by Gasteiger charge is -2.51. The molecule has 2 aliphatic rings. The fourth-order valence-electron chi connectivity index (χ4n) is 4.07. The van der Waals surface area contributed by atoms with Crippen molar-refractivity contribution >= 4 is 0 Å². The molecule has 19 heavy (non-hydrogen) atoms. The van der Waals surface area contributed by atoms with E-state index in [0.29, 0.717) is 6.04 Å². The highest BCUT2D eigenvalue weighted by Gasteiger charge is 2.42. The molecule has 2 saturated heterocycles. The smallest absolute Gasteiger partial charge is 0.0462 e. The van der Waals surface area contributed by atoms with E-state index in [4.69, 9.17) is 5.73 Å². The van der Waals surface area contributed by atoms with Gasteiger partial charge >= 0.3 is 0 Å². The number of likely N-dealkylation sites (N-methyl/N-ethyl adjacent to an activating group) is 2. The zero-order chi connectivity index (χ0) is 13.9. The average Bonchev–Trinajstić information content (AvgIpc) is 2.60. The van der Waals surface area contributed by atoms with Gasteiger partial charge in [-0.25, -0.2) is 0 Å². The molecule has 0 aromatic rings. The third-order valence-corrected chi connectivity index (χ3v) is 5.11. The van der Waals surface area contributed by atoms with Crippen molar-refractivity contribution in [2.45, 2.75) is 44.2 Å². The van der Waals surface area contributed by atoms with Gasteiger partial charge < -0.3 is 15.5 Å². The molecule has 0 saturated carbocycles. The Hall–Kier alpha value is -0.160. The van der Waals surface area contributed by atoms with E-state index < -0.39 is 0 Å². The van der Waals surface area contributed by atoms with E-state index in [1.165, 1.54) is 51.9 Å². The molecule has 2 N–H and O–H groups in total. The summed E-state index contributed by atoms with van der Waals surface area (Å²) < 4.78 is 0. The van der Waals surface area contributed by atoms with E-state index in [9.17, 15) is 0 Å². The monoisotopic (exact) mass is 268 g/mol. The Morgan fingerprint density at radius 1 is 1.11 bits per heavy atom. The molecule has 0 bridgehead atoms. The van der Waals surface area contributed by atoms with Crippen LogP contribution in [0.1, 0.15) is 32.6 Å². The summed E-state index contributed by atoms with van der Waals surface area (Å²) in [5.41, 5.74) is 6.47. The second kappa shape index (κ2) is 6.53. The van der Waals surface area contributed by atoms with E-state index in [2.05, 4.69) is 35.7 Å². The van der Waals surface area contributed by atoms with Gasteiger partial charge in [0.25, 0.3) is 0 Å². The third kappa shape index (κ3) is 3.30. The van der Waals surface area contributed by atoms with Gasteiger partial charge in [0.1, 0.15) is 0 Å². The van der Waals surface area contributed by atoms with E-state index in [-0.39, 0.29) is 5.54 Å². The zero-order valence-electron chi connectivity index (χ0n) is 13.1. The fourth-order valence-corrected chi connectivity index (χ4v) is 4.07. The lowest BCUT2D eigenvalue weighted by atomic mass is 9.85. The first-order chi connectivity index (χ1) is 9.11. The SMILES string of the molecule is CCC1CN(C)CCCN1C1(CN)CCCN(C)C1. The Morgan fingerprint density at radius 2 is 1.84 bits per heavy atom. The first-order valence-electron chi connectivity index (χ1n) is 7.95. The Labute approximate surface area is 118 Å². The number of hydrogen-bond donors (Lipinski definition) is 1. The summed E-state index contributed by atoms with van der Waals surface area (Å²) in [6.45, 7) is 9.14. The van der Waals surface area contributed by atoms with Crippen LogP contribution in [0.3, 0.4) is 0 Å². The van der Waals surface area contributed by atoms with Crippen LogP contribution in [0.15, 0.2) is 0 Å². The normalized spacial score (nSPS) is 36.3. The average molecular weight is 268 g/mol. The van der Waals surface area contributed by atoms with Crippen LogP contribution < -0.4 is 5.73 Å². The van der Waals surface area contributed by atoms with Gasteiger partial charge in [0.15, 0.2) is 0 Å². The highest BCUT2D eigenvalue weighted by molar-refractivity contribution is 5.00. The van der Waals surface area contributed by atoms with Crippen molar-refractivity contribution in [3.8, 4) is 0 Å². The topological polar surface area (TPSA) is 35.7 Å². The van der Waals surface area contributed by atoms with Crippen molar-refractivity contribution in [3.63, 3.8) is 0 Å². The van der Waals surface area contributed by atoms with Crippen LogP contribution in [-0.2, 0) is 0 Å². The molecule has 2 rings (SSSR count). The predicted molar refractivity (Wildman–Crippen MR) is 81.4 cm³/mol. The van der Waals surface area contributed by atoms with Crippen molar-refractivity contribution in [2.24, 2.45) is 5.73 Å². The molecular weight excluding hydrogens is 236 g/mol. The van der Waals surface area contributed by atoms with E-state index in [1.54, 1.807) is 0 Å². The molecule has 0 amide bonds. The van der Waals surface area contributed by atoms with Crippen LogP contribution >= 0.6 is 0 Å². The number of hydrogen-bond acceptors (Lipinski definition) is 4. The second-order valence-electron chi connectivity index (χ2n) is 6.64. The summed E-state index contributed by atoms with van der Waals surface area (Å²) in [5.74, 6) is 0. The Kier molecular flexibility index (Phi) is 5.23. The van der Waals surface area contributed by atoms with Gasteiger partial charge in [-0.1, -0.05) is 6.92 Å². The van der Waals surface area contributed by atoms with Gasteiger partial charge in [-0.05, 0) is 52.9 Å². The molecule has 0 spiro atoms. The van der Waals surface area contributed by atoms with Crippen molar-refractivity contribution in [3.05, 3.63) is 0 Å². The highest BCUT2D eigenvalue weighted by Crippen LogP contribution is 2.30. The molecule has 2 atom stereocenters. The first-order valence-corrected chi connectivity index (χ1v) is 7.95. The van der Waals surface area contributed by atoms with Crippen LogP contribution in [-0.4, -0.2) is 79.6 Å². The summed E-state index contributed by atoms with van der Waals surface area (Å²) in [5, 5.41) is 0. The molecule has 2 heterocycles. The van der Waals surface area contributed by atoms with Gasteiger partial charge in [-0.15, -0.1) is 0 Å². The number of nitrogens with zero attached hydrogens (tertiary/aromatic N) is 3. The summed E-state index contributed by atoms with van der Waals surface area (Å²) in [6.07, 6.45) is 5.07. The molecule has 0 aromatic carbocycles. The molecule has 2 fully saturated rings. The van der Waals surface area contributed by atoms with Crippen LogP contribution in [0.2, 0.25) is 0 Å². The molecule has 0 aromatic heterocycles. The maximum Gasteiger partial charge on any atom is 0.0462 e. The molecule has 4 nitrogen and oxygen atoms in total. The lowest BCUT2D eigenvalue weighted by Crippen LogP contribution is -2.65. The predicted octanol–water partition coefficient (Wildman–Crippen LogP) is 0.826. The molecule has 2 aliphatic heterocycles. The molecule has 112 valence electrons. The Bertz CT molecular complexity index is 283. The summed E-state index contributed by atoms with van der Waals surface area (Å²) in [7, 11) is 4.50. The standard InChI is InChI=1S/C15H32N4/c1-4-14-11-17(2)9-6-10-19(14)15(12-16)7-5-8-18(3)13-15/h14H,4-13,16H2,1-3H3. The molecule has 0 aliphatic carbocycles. The van der Waals surface area contributed by atoms with Crippen LogP contribution in [0.5, 0.6) is 0 Å². The van der Waals surface area contributed by atoms with Crippen molar-refractivity contribution in [2.75, 3.05) is 53.4 Å². The van der Waals surface area contributed by atoms with Crippen LogP contribution in [0.25, 0.3) is 0 Å². The van der Waals surface area contributed by atoms with Crippen molar-refractivity contribution in [1.82, 2.24) is 14.7 Å². The number of nitrogens with two attached hydrogens (primary N) is 1. The number of piperidine rings is 1. The molecular formula is C15H32N4. The van der Waals surface area contributed by atoms with Gasteiger partial charge in [-0.3, -0.25) is 4.90 Å². The van der Waals surface area contributed by atoms with E-state index in [0.717, 1.165) is 13.1 Å². The minimum atomic E-state index is 0.221. The second-order valence-corrected chi connectivity index (χ2v) is 6.64. The molecule has 4 heteroatoms. The number of rotatable bonds is 3. The van der Waals surface area contributed by atoms with Crippen LogP contribution in [0.4, 0.5) is 0 Å². The van der Waals surface area contributed by atoms with Crippen LogP contribution in [0, 0.1) is 0 Å². The maximum absolute atomic E-state index is 6.25. The molecule has 0 radical (unpaired) electrons. The van der Waals surface area contributed by atoms with Gasteiger partial charge in [0.05, 0.1) is 0 Å². The van der Waals surface area contributed by atoms with E-state index >= 15 is 0 Å². The molecule has 2 unspecified atom stereocenters. The van der Waals surface area contributed by atoms with Crippen molar-refractivity contribution < 1.29 is 0 Å². The summed E-state index contributed by atoms with van der Waals surface area (Å²) >= 11 is 0. The largest absolute Gasteiger partial charge is 0.329 e. The quantitative estimate of drug-likeness (QED) is 0.822. The highest BCUT2D eigenvalue weighted by atomic mass is 15.3. The fraction of sp³-hybridized carbons (Fsp3) is 1.00. The van der Waals surface area contributed by atoms with E-state index in [1.807, 2.05) is 0 Å². The minimum Gasteiger partial charge on any atom is -0.329 e. The lowest BCUT2D eigenvalue weighted by molar-refractivity contribution is -0.00428. The summed E-state index contributed by atoms with van der Waals surface area (Å²) in [4.78, 5) is 7.73. The first kappa shape index (κ1) is 15.2. The zero-order valence-corrected chi connectivity index (χ0v) is 13.1. The third-order valence-electron chi connectivity index (χ3n) is 5.11. The van der Waals surface area contributed by atoms with Crippen molar-refractivity contribution in [1.29, 1.82) is 0 Å². The Morgan fingerprint density at radius 3 is 2.47 bits per heavy atom. The van der Waals surface area contributed by atoms with Gasteiger partial charge in [0.2, 0.25) is 0 Å². The van der Waals surface area contributed by atoms with Gasteiger partial charge in [0, 0.05) is 37.8 Å². The van der Waals surface area contributed by atoms with Gasteiger partial charge in [-0.2, -0.15) is 0 Å². The number of likely N-dealkylation sites (tertiary alicyclic amines) is 1. The Balaban J connectivity index is 2.18. The minimum absolute atomic E-state index is 0.221. The maximum atomic E-state index is 6.25.